The summed E-state index contributed by atoms with van der Waals surface area (Å²) in [5.74, 6) is 0.0745. The number of rotatable bonds is 7. The Morgan fingerprint density at radius 2 is 1.77 bits per heavy atom. The van der Waals surface area contributed by atoms with Crippen LogP contribution >= 0.6 is 11.3 Å². The highest BCUT2D eigenvalue weighted by molar-refractivity contribution is 7.22. The van der Waals surface area contributed by atoms with Crippen molar-refractivity contribution < 1.29 is 23.6 Å². The van der Waals surface area contributed by atoms with Crippen molar-refractivity contribution in [3.8, 4) is 0 Å². The summed E-state index contributed by atoms with van der Waals surface area (Å²) in [6.45, 7) is 13.3. The number of fused-ring (bicyclic) bond motifs is 2. The van der Waals surface area contributed by atoms with Gasteiger partial charge in [-0.3, -0.25) is 10.1 Å². The van der Waals surface area contributed by atoms with Crippen molar-refractivity contribution in [2.75, 3.05) is 23.4 Å². The third kappa shape index (κ3) is 5.83. The van der Waals surface area contributed by atoms with E-state index in [-0.39, 0.29) is 24.1 Å². The zero-order valence-electron chi connectivity index (χ0n) is 26.0. The van der Waals surface area contributed by atoms with Crippen LogP contribution in [0.3, 0.4) is 0 Å². The molecule has 9 nitrogen and oxygen atoms in total. The number of pyridine rings is 1. The molecule has 11 heteroatoms. The lowest BCUT2D eigenvalue weighted by atomic mass is 9.77. The highest BCUT2D eigenvalue weighted by Gasteiger charge is 2.53. The SMILES string of the molecule is CC(C)COC(=O)c1nc(N2CCc3cccc(C(=O)Nc4nc5ccccc5s4)c3C2)ccc1B1OC(C)(C)C(C)(C)O1. The van der Waals surface area contributed by atoms with E-state index in [1.165, 1.54) is 11.3 Å². The van der Waals surface area contributed by atoms with Crippen LogP contribution in [0, 0.1) is 5.92 Å². The van der Waals surface area contributed by atoms with Gasteiger partial charge < -0.3 is 18.9 Å². The third-order valence-electron chi connectivity index (χ3n) is 8.52. The minimum absolute atomic E-state index is 0.174. The maximum atomic E-state index is 13.5. The first-order valence-electron chi connectivity index (χ1n) is 15.0. The van der Waals surface area contributed by atoms with Crippen LogP contribution in [0.2, 0.25) is 0 Å². The van der Waals surface area contributed by atoms with E-state index < -0.39 is 24.3 Å². The molecule has 1 amide bonds. The molecule has 1 saturated heterocycles. The molecule has 0 bridgehead atoms. The predicted molar refractivity (Wildman–Crippen MR) is 174 cm³/mol. The molecule has 2 aromatic carbocycles. The number of hydrogen-bond acceptors (Lipinski definition) is 9. The molecule has 0 radical (unpaired) electrons. The van der Waals surface area contributed by atoms with Gasteiger partial charge >= 0.3 is 13.1 Å². The largest absolute Gasteiger partial charge is 0.497 e. The van der Waals surface area contributed by atoms with Crippen molar-refractivity contribution in [2.24, 2.45) is 5.92 Å². The number of carbonyl (C=O) groups excluding carboxylic acids is 2. The van der Waals surface area contributed by atoms with Gasteiger partial charge in [0, 0.05) is 24.1 Å². The Kier molecular flexibility index (Phi) is 7.98. The standard InChI is InChI=1S/C33H37BN4O5S/c1-20(2)19-41-30(40)28-24(34-42-32(3,4)33(5,6)43-34)14-15-27(36-28)38-17-16-21-10-9-11-22(23(21)18-38)29(39)37-31-35-25-12-7-8-13-26(25)44-31/h7-15,20H,16-19H2,1-6H3,(H,35,37,39). The molecule has 2 aliphatic heterocycles. The molecule has 6 rings (SSSR count). The fourth-order valence-corrected chi connectivity index (χ4v) is 6.21. The summed E-state index contributed by atoms with van der Waals surface area (Å²) in [6, 6.07) is 17.4. The van der Waals surface area contributed by atoms with E-state index in [1.54, 1.807) is 0 Å². The zero-order chi connectivity index (χ0) is 31.2. The first-order valence-corrected chi connectivity index (χ1v) is 15.8. The number of anilines is 2. The van der Waals surface area contributed by atoms with Crippen LogP contribution in [0.25, 0.3) is 10.2 Å². The molecular formula is C33H37BN4O5S. The number of benzene rings is 2. The van der Waals surface area contributed by atoms with Crippen LogP contribution < -0.4 is 15.7 Å². The molecule has 44 heavy (non-hydrogen) atoms. The number of aromatic nitrogens is 2. The van der Waals surface area contributed by atoms with E-state index in [1.807, 2.05) is 90.1 Å². The van der Waals surface area contributed by atoms with Crippen LogP contribution in [-0.2, 0) is 27.0 Å². The molecule has 0 unspecified atom stereocenters. The zero-order valence-corrected chi connectivity index (χ0v) is 26.8. The van der Waals surface area contributed by atoms with E-state index in [4.69, 9.17) is 19.0 Å². The van der Waals surface area contributed by atoms with Crippen molar-refractivity contribution in [3.63, 3.8) is 0 Å². The Labute approximate surface area is 262 Å². The number of amides is 1. The Hall–Kier alpha value is -3.80. The van der Waals surface area contributed by atoms with E-state index in [2.05, 4.69) is 21.3 Å². The quantitative estimate of drug-likeness (QED) is 0.212. The summed E-state index contributed by atoms with van der Waals surface area (Å²) in [5, 5.41) is 3.56. The monoisotopic (exact) mass is 612 g/mol. The Balaban J connectivity index is 1.28. The molecule has 0 saturated carbocycles. The number of hydrogen-bond donors (Lipinski definition) is 1. The summed E-state index contributed by atoms with van der Waals surface area (Å²) in [4.78, 5) is 38.4. The summed E-state index contributed by atoms with van der Waals surface area (Å²) in [6.07, 6.45) is 0.728. The average Bonchev–Trinajstić information content (AvgIpc) is 3.50. The van der Waals surface area contributed by atoms with Crippen LogP contribution in [0.4, 0.5) is 10.9 Å². The second kappa shape index (κ2) is 11.6. The van der Waals surface area contributed by atoms with Gasteiger partial charge in [-0.25, -0.2) is 14.8 Å². The highest BCUT2D eigenvalue weighted by atomic mass is 32.1. The molecule has 0 atom stereocenters. The maximum Gasteiger partial charge on any atom is 0.497 e. The van der Waals surface area contributed by atoms with Gasteiger partial charge in [-0.15, -0.1) is 0 Å². The number of nitrogens with zero attached hydrogens (tertiary/aromatic N) is 3. The molecule has 2 aliphatic rings. The van der Waals surface area contributed by atoms with Gasteiger partial charge in [0.15, 0.2) is 10.8 Å². The minimum Gasteiger partial charge on any atom is -0.461 e. The number of ether oxygens (including phenoxy) is 1. The van der Waals surface area contributed by atoms with Crippen molar-refractivity contribution in [2.45, 2.75) is 65.7 Å². The predicted octanol–water partition coefficient (Wildman–Crippen LogP) is 5.62. The lowest BCUT2D eigenvalue weighted by molar-refractivity contribution is 0.00578. The van der Waals surface area contributed by atoms with Gasteiger partial charge in [-0.1, -0.05) is 55.5 Å². The maximum absolute atomic E-state index is 13.5. The lowest BCUT2D eigenvalue weighted by Crippen LogP contribution is -2.41. The fraction of sp³-hybridized carbons (Fsp3) is 0.394. The Morgan fingerprint density at radius 3 is 2.50 bits per heavy atom. The van der Waals surface area contributed by atoms with Crippen molar-refractivity contribution in [3.05, 3.63) is 77.0 Å². The van der Waals surface area contributed by atoms with Gasteiger partial charge in [0.05, 0.1) is 28.0 Å². The van der Waals surface area contributed by atoms with Gasteiger partial charge in [-0.05, 0) is 75.4 Å². The number of thiazole rings is 1. The van der Waals surface area contributed by atoms with Crippen LogP contribution in [0.15, 0.2) is 54.6 Å². The third-order valence-corrected chi connectivity index (χ3v) is 9.47. The summed E-state index contributed by atoms with van der Waals surface area (Å²) >= 11 is 1.45. The van der Waals surface area contributed by atoms with E-state index >= 15 is 0 Å². The van der Waals surface area contributed by atoms with E-state index in [9.17, 15) is 9.59 Å². The number of para-hydroxylation sites is 1. The Bertz CT molecular complexity index is 1690. The normalized spacial score (nSPS) is 17.2. The first kappa shape index (κ1) is 30.2. The second-order valence-electron chi connectivity index (χ2n) is 12.7. The summed E-state index contributed by atoms with van der Waals surface area (Å²) in [5.41, 5.74) is 3.05. The minimum atomic E-state index is -0.761. The molecule has 1 fully saturated rings. The van der Waals surface area contributed by atoms with Crippen LogP contribution in [0.1, 0.15) is 73.5 Å². The van der Waals surface area contributed by atoms with Gasteiger partial charge in [-0.2, -0.15) is 0 Å². The fourth-order valence-electron chi connectivity index (χ4n) is 5.35. The molecule has 2 aromatic heterocycles. The van der Waals surface area contributed by atoms with Crippen molar-refractivity contribution >= 4 is 57.0 Å². The van der Waals surface area contributed by atoms with Gasteiger partial charge in [0.25, 0.3) is 5.91 Å². The average molecular weight is 613 g/mol. The van der Waals surface area contributed by atoms with Crippen LogP contribution in [-0.4, -0.2) is 53.3 Å². The molecule has 1 N–H and O–H groups in total. The molecule has 4 heterocycles. The molecule has 0 aliphatic carbocycles. The Morgan fingerprint density at radius 1 is 1.02 bits per heavy atom. The molecular weight excluding hydrogens is 575 g/mol. The lowest BCUT2D eigenvalue weighted by Gasteiger charge is -2.32. The highest BCUT2D eigenvalue weighted by Crippen LogP contribution is 2.37. The summed E-state index contributed by atoms with van der Waals surface area (Å²) < 4.78 is 19.2. The summed E-state index contributed by atoms with van der Waals surface area (Å²) in [7, 11) is -0.761. The molecule has 228 valence electrons. The van der Waals surface area contributed by atoms with Crippen molar-refractivity contribution in [1.82, 2.24) is 9.97 Å². The van der Waals surface area contributed by atoms with Gasteiger partial charge in [0.1, 0.15) is 5.82 Å². The van der Waals surface area contributed by atoms with Gasteiger partial charge in [0.2, 0.25) is 0 Å². The smallest absolute Gasteiger partial charge is 0.461 e. The molecule has 0 spiro atoms. The van der Waals surface area contributed by atoms with Crippen LogP contribution in [0.5, 0.6) is 0 Å². The van der Waals surface area contributed by atoms with E-state index in [0.717, 1.165) is 27.8 Å². The number of esters is 1. The van der Waals surface area contributed by atoms with Crippen molar-refractivity contribution in [1.29, 1.82) is 0 Å². The topological polar surface area (TPSA) is 103 Å². The molecule has 4 aromatic rings. The van der Waals surface area contributed by atoms with E-state index in [0.29, 0.717) is 35.1 Å². The first-order chi connectivity index (χ1) is 20.9. The number of carbonyl (C=O) groups is 2. The number of nitrogens with one attached hydrogen (secondary N) is 1. The second-order valence-corrected chi connectivity index (χ2v) is 13.8.